The quantitative estimate of drug-likeness (QED) is 0.207. The van der Waals surface area contributed by atoms with E-state index in [1.165, 1.54) is 20.1 Å². The number of fused-ring (bicyclic) bond motifs is 2. The van der Waals surface area contributed by atoms with E-state index in [4.69, 9.17) is 30.5 Å². The van der Waals surface area contributed by atoms with E-state index in [1.807, 2.05) is 12.2 Å². The fourth-order valence-corrected chi connectivity index (χ4v) is 4.42. The van der Waals surface area contributed by atoms with Crippen LogP contribution in [0.1, 0.15) is 59.3 Å². The summed E-state index contributed by atoms with van der Waals surface area (Å²) in [7, 11) is 1.26. The van der Waals surface area contributed by atoms with E-state index in [0.29, 0.717) is 41.9 Å². The Morgan fingerprint density at radius 2 is 2.00 bits per heavy atom. The molecule has 0 radical (unpaired) electrons. The molecular weight excluding hydrogens is 516 g/mol. The van der Waals surface area contributed by atoms with Gasteiger partial charge in [-0.15, -0.1) is 0 Å². The van der Waals surface area contributed by atoms with Crippen LogP contribution in [0, 0.1) is 5.92 Å². The first kappa shape index (κ1) is 31.5. The molecule has 0 spiro atoms. The number of hydrogen-bond acceptors (Lipinski definition) is 9. The Bertz CT molecular complexity index is 1010. The first-order valence-corrected chi connectivity index (χ1v) is 12.9. The third-order valence-electron chi connectivity index (χ3n) is 6.50. The van der Waals surface area contributed by atoms with Crippen LogP contribution in [-0.2, 0) is 38.1 Å². The molecule has 5 atom stereocenters. The van der Waals surface area contributed by atoms with E-state index in [2.05, 4.69) is 6.58 Å². The molecule has 1 saturated heterocycles. The summed E-state index contributed by atoms with van der Waals surface area (Å²) in [4.78, 5) is 48.5. The highest BCUT2D eigenvalue weighted by molar-refractivity contribution is 6.29. The molecule has 5 unspecified atom stereocenters. The largest absolute Gasteiger partial charge is 0.469 e. The molecule has 2 rings (SSSR count). The van der Waals surface area contributed by atoms with Crippen LogP contribution in [-0.4, -0.2) is 66.9 Å². The zero-order valence-corrected chi connectivity index (χ0v) is 23.1. The average Bonchev–Trinajstić information content (AvgIpc) is 3.25. The van der Waals surface area contributed by atoms with Gasteiger partial charge in [-0.3, -0.25) is 19.2 Å². The highest BCUT2D eigenvalue weighted by atomic mass is 35.5. The second-order valence-electron chi connectivity index (χ2n) is 9.64. The summed E-state index contributed by atoms with van der Waals surface area (Å²) in [6.45, 7) is 8.07. The topological polar surface area (TPSA) is 125 Å². The van der Waals surface area contributed by atoms with Gasteiger partial charge >= 0.3 is 17.9 Å². The highest BCUT2D eigenvalue weighted by Crippen LogP contribution is 2.32. The van der Waals surface area contributed by atoms with Crippen molar-refractivity contribution in [1.29, 1.82) is 0 Å². The van der Waals surface area contributed by atoms with Crippen molar-refractivity contribution >= 4 is 35.3 Å². The van der Waals surface area contributed by atoms with Crippen LogP contribution < -0.4 is 0 Å². The van der Waals surface area contributed by atoms with E-state index in [9.17, 15) is 24.3 Å². The van der Waals surface area contributed by atoms with Gasteiger partial charge in [0.1, 0.15) is 24.9 Å². The second kappa shape index (κ2) is 15.0. The predicted molar refractivity (Wildman–Crippen MR) is 140 cm³/mol. The van der Waals surface area contributed by atoms with E-state index < -0.39 is 42.1 Å². The number of carbonyl (C=O) groups is 4. The van der Waals surface area contributed by atoms with E-state index in [-0.39, 0.29) is 36.9 Å². The number of ether oxygens (including phenoxy) is 4. The van der Waals surface area contributed by atoms with Gasteiger partial charge < -0.3 is 24.1 Å². The Kier molecular flexibility index (Phi) is 12.4. The number of methoxy groups -OCH3 is 1. The Hall–Kier alpha value is -2.75. The van der Waals surface area contributed by atoms with Crippen molar-refractivity contribution < 1.29 is 43.2 Å². The number of hydrogen-bond donors (Lipinski definition) is 1. The molecule has 9 nitrogen and oxygen atoms in total. The lowest BCUT2D eigenvalue weighted by Crippen LogP contribution is -2.37. The number of Topliss-reactive ketones (excluding diaryl/α,β-unsaturated/α-hetero) is 1. The molecule has 0 aromatic heterocycles. The molecule has 210 valence electrons. The SMILES string of the molecule is C=C(COC(=O)CC(C)=CC(O)C1OC2CCC(Cl)=CCC=C(C)C(C(=O)OC)CC(=O)OC1C2)C(C)=O. The molecule has 38 heavy (non-hydrogen) atoms. The number of allylic oxidation sites excluding steroid dienone is 3. The van der Waals surface area contributed by atoms with E-state index >= 15 is 0 Å². The number of halogens is 1. The summed E-state index contributed by atoms with van der Waals surface area (Å²) in [5.41, 5.74) is 1.36. The third-order valence-corrected chi connectivity index (χ3v) is 6.85. The maximum Gasteiger partial charge on any atom is 0.313 e. The monoisotopic (exact) mass is 552 g/mol. The number of aliphatic hydroxyl groups is 1. The summed E-state index contributed by atoms with van der Waals surface area (Å²) in [5.74, 6) is -2.81. The minimum Gasteiger partial charge on any atom is -0.469 e. The van der Waals surface area contributed by atoms with Gasteiger partial charge in [-0.25, -0.2) is 0 Å². The number of esters is 3. The predicted octanol–water partition coefficient (Wildman–Crippen LogP) is 3.87. The average molecular weight is 553 g/mol. The van der Waals surface area contributed by atoms with Crippen LogP contribution in [0.2, 0.25) is 0 Å². The second-order valence-corrected chi connectivity index (χ2v) is 10.1. The molecule has 1 N–H and O–H groups in total. The number of ketones is 1. The first-order valence-electron chi connectivity index (χ1n) is 12.5. The highest BCUT2D eigenvalue weighted by Gasteiger charge is 2.42. The zero-order chi connectivity index (χ0) is 28.4. The van der Waals surface area contributed by atoms with Gasteiger partial charge in [0, 0.05) is 17.0 Å². The summed E-state index contributed by atoms with van der Waals surface area (Å²) < 4.78 is 21.7. The standard InChI is InChI=1S/C28H37ClO9/c1-16(12-25(32)36-15-18(3)19(4)30)11-23(31)27-24-13-21(37-27)10-9-20(29)8-6-7-17(2)22(28(34)35-5)14-26(33)38-24/h7-8,11,21-24,27,31H,3,6,9-10,12-15H2,1-2,4-5H3. The molecule has 0 aromatic carbocycles. The van der Waals surface area contributed by atoms with Gasteiger partial charge in [-0.1, -0.05) is 47.6 Å². The summed E-state index contributed by atoms with van der Waals surface area (Å²) in [6, 6.07) is 0. The number of rotatable bonds is 8. The molecule has 2 heterocycles. The van der Waals surface area contributed by atoms with Crippen LogP contribution in [0.3, 0.4) is 0 Å². The Morgan fingerprint density at radius 1 is 1.29 bits per heavy atom. The molecule has 2 bridgehead atoms. The van der Waals surface area contributed by atoms with Crippen molar-refractivity contribution in [2.24, 2.45) is 5.92 Å². The van der Waals surface area contributed by atoms with Gasteiger partial charge in [0.15, 0.2) is 5.78 Å². The van der Waals surface area contributed by atoms with Crippen LogP contribution in [0.25, 0.3) is 0 Å². The lowest BCUT2D eigenvalue weighted by atomic mass is 9.95. The third kappa shape index (κ3) is 9.85. The van der Waals surface area contributed by atoms with Gasteiger partial charge in [0.05, 0.1) is 32.0 Å². The van der Waals surface area contributed by atoms with Gasteiger partial charge in [-0.2, -0.15) is 0 Å². The number of aliphatic hydroxyl groups excluding tert-OH is 1. The molecule has 2 aliphatic heterocycles. The van der Waals surface area contributed by atoms with Crippen LogP contribution >= 0.6 is 11.6 Å². The fraction of sp³-hybridized carbons (Fsp3) is 0.571. The molecule has 10 heteroatoms. The normalized spacial score (nSPS) is 25.7. The van der Waals surface area contributed by atoms with E-state index in [0.717, 1.165) is 0 Å². The molecular formula is C28H37ClO9. The van der Waals surface area contributed by atoms with Crippen LogP contribution in [0.4, 0.5) is 0 Å². The van der Waals surface area contributed by atoms with Gasteiger partial charge in [0.25, 0.3) is 0 Å². The Morgan fingerprint density at radius 3 is 2.66 bits per heavy atom. The maximum atomic E-state index is 12.8. The molecule has 1 fully saturated rings. The minimum atomic E-state index is -1.18. The lowest BCUT2D eigenvalue weighted by Gasteiger charge is -2.23. The molecule has 0 aromatic rings. The molecule has 0 aliphatic carbocycles. The molecule has 2 aliphatic rings. The number of carbonyl (C=O) groups excluding carboxylic acids is 4. The summed E-state index contributed by atoms with van der Waals surface area (Å²) >= 11 is 6.37. The van der Waals surface area contributed by atoms with Crippen molar-refractivity contribution in [3.05, 3.63) is 46.6 Å². The summed E-state index contributed by atoms with van der Waals surface area (Å²) in [5, 5.41) is 11.6. The maximum absolute atomic E-state index is 12.8. The lowest BCUT2D eigenvalue weighted by molar-refractivity contribution is -0.159. The van der Waals surface area contributed by atoms with Crippen molar-refractivity contribution in [3.8, 4) is 0 Å². The van der Waals surface area contributed by atoms with Crippen molar-refractivity contribution in [1.82, 2.24) is 0 Å². The van der Waals surface area contributed by atoms with Gasteiger partial charge in [-0.05, 0) is 40.0 Å². The smallest absolute Gasteiger partial charge is 0.313 e. The Labute approximate surface area is 228 Å². The minimum absolute atomic E-state index is 0.115. The fourth-order valence-electron chi connectivity index (χ4n) is 4.23. The van der Waals surface area contributed by atoms with Crippen molar-refractivity contribution in [3.63, 3.8) is 0 Å². The van der Waals surface area contributed by atoms with Crippen LogP contribution in [0.15, 0.2) is 46.6 Å². The van der Waals surface area contributed by atoms with Crippen molar-refractivity contribution in [2.45, 2.75) is 83.7 Å². The van der Waals surface area contributed by atoms with E-state index in [1.54, 1.807) is 13.8 Å². The zero-order valence-electron chi connectivity index (χ0n) is 22.4. The Balaban J connectivity index is 2.16. The van der Waals surface area contributed by atoms with Gasteiger partial charge in [0.2, 0.25) is 0 Å². The van der Waals surface area contributed by atoms with Crippen LogP contribution in [0.5, 0.6) is 0 Å². The molecule has 0 amide bonds. The van der Waals surface area contributed by atoms with Crippen molar-refractivity contribution in [2.75, 3.05) is 13.7 Å². The molecule has 0 saturated carbocycles. The first-order chi connectivity index (χ1) is 17.9. The summed E-state index contributed by atoms with van der Waals surface area (Å²) in [6.07, 6.45) is 3.59.